The molecule has 1 aromatic heterocycles. The zero-order valence-electron chi connectivity index (χ0n) is 14.9. The maximum atomic E-state index is 13.1. The first kappa shape index (κ1) is 17.0. The molecule has 134 valence electrons. The third-order valence-electron chi connectivity index (χ3n) is 4.28. The number of para-hydroxylation sites is 1. The summed E-state index contributed by atoms with van der Waals surface area (Å²) < 4.78 is 13.1. The Morgan fingerprint density at radius 1 is 0.852 bits per heavy atom. The summed E-state index contributed by atoms with van der Waals surface area (Å²) in [7, 11) is 0. The van der Waals surface area contributed by atoms with Gasteiger partial charge in [0.15, 0.2) is 0 Å². The first-order valence-electron chi connectivity index (χ1n) is 8.76. The van der Waals surface area contributed by atoms with Crippen molar-refractivity contribution in [3.8, 4) is 0 Å². The summed E-state index contributed by atoms with van der Waals surface area (Å²) in [6.07, 6.45) is 0. The molecule has 5 heteroatoms. The number of hydrogen-bond donors (Lipinski definition) is 2. The molecule has 0 unspecified atom stereocenters. The minimum absolute atomic E-state index is 0.277. The Morgan fingerprint density at radius 2 is 1.59 bits per heavy atom. The van der Waals surface area contributed by atoms with Crippen molar-refractivity contribution in [2.24, 2.45) is 0 Å². The van der Waals surface area contributed by atoms with Gasteiger partial charge in [0.05, 0.1) is 5.52 Å². The van der Waals surface area contributed by atoms with Gasteiger partial charge in [-0.2, -0.15) is 4.98 Å². The Balaban J connectivity index is 1.63. The topological polar surface area (TPSA) is 49.8 Å². The van der Waals surface area contributed by atoms with Crippen LogP contribution in [0.4, 0.5) is 21.8 Å². The van der Waals surface area contributed by atoms with E-state index in [1.807, 2.05) is 24.3 Å². The molecule has 0 amide bonds. The molecule has 0 bridgehead atoms. The van der Waals surface area contributed by atoms with Gasteiger partial charge in [-0.15, -0.1) is 0 Å². The largest absolute Gasteiger partial charge is 0.365 e. The number of hydrogen-bond acceptors (Lipinski definition) is 4. The van der Waals surface area contributed by atoms with Crippen LogP contribution in [0.3, 0.4) is 0 Å². The van der Waals surface area contributed by atoms with Gasteiger partial charge in [-0.1, -0.05) is 42.0 Å². The lowest BCUT2D eigenvalue weighted by molar-refractivity contribution is 0.628. The van der Waals surface area contributed by atoms with E-state index in [0.717, 1.165) is 22.4 Å². The monoisotopic (exact) mass is 358 g/mol. The van der Waals surface area contributed by atoms with Crippen LogP contribution in [0.1, 0.15) is 11.1 Å². The fourth-order valence-electron chi connectivity index (χ4n) is 2.82. The maximum absolute atomic E-state index is 13.1. The number of halogens is 1. The van der Waals surface area contributed by atoms with E-state index in [1.165, 1.54) is 23.3 Å². The Labute approximate surface area is 157 Å². The van der Waals surface area contributed by atoms with Crippen LogP contribution in [0.5, 0.6) is 0 Å². The molecule has 0 aliphatic rings. The molecular formula is C22H19FN4. The molecule has 0 fully saturated rings. The quantitative estimate of drug-likeness (QED) is 0.499. The Hall–Kier alpha value is -3.47. The molecule has 0 atom stereocenters. The molecule has 0 saturated carbocycles. The van der Waals surface area contributed by atoms with Crippen molar-refractivity contribution < 1.29 is 4.39 Å². The average molecular weight is 358 g/mol. The molecule has 0 aliphatic heterocycles. The van der Waals surface area contributed by atoms with E-state index >= 15 is 0 Å². The van der Waals surface area contributed by atoms with Gasteiger partial charge in [-0.3, -0.25) is 0 Å². The number of benzene rings is 3. The van der Waals surface area contributed by atoms with Crippen molar-refractivity contribution in [2.45, 2.75) is 13.5 Å². The molecule has 0 aliphatic carbocycles. The summed E-state index contributed by atoms with van der Waals surface area (Å²) in [6, 6.07) is 22.4. The highest BCUT2D eigenvalue weighted by atomic mass is 19.1. The van der Waals surface area contributed by atoms with E-state index in [9.17, 15) is 4.39 Å². The minimum Gasteiger partial charge on any atom is -0.365 e. The number of nitrogens with zero attached hydrogens (tertiary/aromatic N) is 2. The smallest absolute Gasteiger partial charge is 0.229 e. The molecule has 1 heterocycles. The van der Waals surface area contributed by atoms with Crippen molar-refractivity contribution in [3.05, 3.63) is 89.7 Å². The van der Waals surface area contributed by atoms with E-state index in [1.54, 1.807) is 12.1 Å². The number of nitrogens with one attached hydrogen (secondary N) is 2. The van der Waals surface area contributed by atoms with Crippen LogP contribution in [-0.2, 0) is 6.54 Å². The standard InChI is InChI=1S/C22H19FN4/c1-15-6-8-16(9-7-15)14-24-21-19-4-2-3-5-20(19)26-22(27-21)25-18-12-10-17(23)11-13-18/h2-13H,14H2,1H3,(H2,24,25,26,27). The zero-order valence-corrected chi connectivity index (χ0v) is 14.9. The van der Waals surface area contributed by atoms with Gasteiger partial charge in [0, 0.05) is 17.6 Å². The summed E-state index contributed by atoms with van der Waals surface area (Å²) in [5.74, 6) is 0.943. The van der Waals surface area contributed by atoms with Crippen molar-refractivity contribution >= 4 is 28.4 Å². The number of aryl methyl sites for hydroxylation is 1. The zero-order chi connectivity index (χ0) is 18.6. The first-order chi connectivity index (χ1) is 13.2. The molecule has 4 nitrogen and oxygen atoms in total. The summed E-state index contributed by atoms with van der Waals surface area (Å²) >= 11 is 0. The molecule has 0 saturated heterocycles. The summed E-state index contributed by atoms with van der Waals surface area (Å²) in [5, 5.41) is 7.50. The number of anilines is 3. The van der Waals surface area contributed by atoms with Crippen LogP contribution >= 0.6 is 0 Å². The van der Waals surface area contributed by atoms with Gasteiger partial charge in [0.2, 0.25) is 5.95 Å². The van der Waals surface area contributed by atoms with E-state index in [4.69, 9.17) is 0 Å². The molecule has 4 rings (SSSR count). The van der Waals surface area contributed by atoms with Gasteiger partial charge in [-0.05, 0) is 48.9 Å². The van der Waals surface area contributed by atoms with E-state index in [2.05, 4.69) is 51.8 Å². The normalized spacial score (nSPS) is 10.7. The lowest BCUT2D eigenvalue weighted by Gasteiger charge is -2.12. The van der Waals surface area contributed by atoms with Crippen molar-refractivity contribution in [1.82, 2.24) is 9.97 Å². The van der Waals surface area contributed by atoms with Crippen LogP contribution in [0.25, 0.3) is 10.9 Å². The van der Waals surface area contributed by atoms with Crippen molar-refractivity contribution in [2.75, 3.05) is 10.6 Å². The van der Waals surface area contributed by atoms with Gasteiger partial charge in [-0.25, -0.2) is 9.37 Å². The highest BCUT2D eigenvalue weighted by Gasteiger charge is 2.08. The second-order valence-electron chi connectivity index (χ2n) is 6.38. The molecule has 0 spiro atoms. The molecule has 4 aromatic rings. The fourth-order valence-corrected chi connectivity index (χ4v) is 2.82. The van der Waals surface area contributed by atoms with E-state index in [0.29, 0.717) is 12.5 Å². The van der Waals surface area contributed by atoms with Gasteiger partial charge in [0.25, 0.3) is 0 Å². The lowest BCUT2D eigenvalue weighted by atomic mass is 10.1. The second kappa shape index (κ2) is 7.41. The molecule has 27 heavy (non-hydrogen) atoms. The van der Waals surface area contributed by atoms with E-state index in [-0.39, 0.29) is 5.82 Å². The average Bonchev–Trinajstić information content (AvgIpc) is 2.69. The Morgan fingerprint density at radius 3 is 2.37 bits per heavy atom. The van der Waals surface area contributed by atoms with Crippen LogP contribution < -0.4 is 10.6 Å². The predicted octanol–water partition coefficient (Wildman–Crippen LogP) is 5.43. The second-order valence-corrected chi connectivity index (χ2v) is 6.38. The van der Waals surface area contributed by atoms with Crippen LogP contribution in [0, 0.1) is 12.7 Å². The van der Waals surface area contributed by atoms with Gasteiger partial charge < -0.3 is 10.6 Å². The highest BCUT2D eigenvalue weighted by Crippen LogP contribution is 2.24. The number of rotatable bonds is 5. The summed E-state index contributed by atoms with van der Waals surface area (Å²) in [4.78, 5) is 9.19. The van der Waals surface area contributed by atoms with Gasteiger partial charge in [0.1, 0.15) is 11.6 Å². The fraction of sp³-hybridized carbons (Fsp3) is 0.0909. The van der Waals surface area contributed by atoms with Gasteiger partial charge >= 0.3 is 0 Å². The van der Waals surface area contributed by atoms with Crippen LogP contribution in [0.15, 0.2) is 72.8 Å². The molecular weight excluding hydrogens is 339 g/mol. The molecule has 3 aromatic carbocycles. The third-order valence-corrected chi connectivity index (χ3v) is 4.28. The molecule has 2 N–H and O–H groups in total. The number of fused-ring (bicyclic) bond motifs is 1. The van der Waals surface area contributed by atoms with Crippen molar-refractivity contribution in [3.63, 3.8) is 0 Å². The number of aromatic nitrogens is 2. The SMILES string of the molecule is Cc1ccc(CNc2nc(Nc3ccc(F)cc3)nc3ccccc23)cc1. The summed E-state index contributed by atoms with van der Waals surface area (Å²) in [5.41, 5.74) is 3.98. The third kappa shape index (κ3) is 4.03. The predicted molar refractivity (Wildman–Crippen MR) is 108 cm³/mol. The summed E-state index contributed by atoms with van der Waals surface area (Å²) in [6.45, 7) is 2.74. The van der Waals surface area contributed by atoms with Crippen LogP contribution in [0.2, 0.25) is 0 Å². The Kier molecular flexibility index (Phi) is 4.66. The van der Waals surface area contributed by atoms with Crippen molar-refractivity contribution in [1.29, 1.82) is 0 Å². The highest BCUT2D eigenvalue weighted by molar-refractivity contribution is 5.90. The Bertz CT molecular complexity index is 1060. The molecule has 0 radical (unpaired) electrons. The lowest BCUT2D eigenvalue weighted by Crippen LogP contribution is -2.05. The minimum atomic E-state index is -0.277. The van der Waals surface area contributed by atoms with E-state index < -0.39 is 0 Å². The first-order valence-corrected chi connectivity index (χ1v) is 8.76. The maximum Gasteiger partial charge on any atom is 0.229 e. The van der Waals surface area contributed by atoms with Crippen LogP contribution in [-0.4, -0.2) is 9.97 Å².